The molecule has 5 atom stereocenters. The van der Waals surface area contributed by atoms with E-state index in [9.17, 15) is 29.7 Å². The Kier molecular flexibility index (Phi) is 41.2. The Hall–Kier alpha value is -4.85. The van der Waals surface area contributed by atoms with Crippen LogP contribution in [0.2, 0.25) is 0 Å². The SMILES string of the molecule is C[C@@H]1O[C@@H](OCCOCCNC(=O)CCOCCOCCOCCOCCOCCOCCOCCOCCOCCOCCOCCOCCNC(=O)COc2ccc(-c3cccc(C(=O)OCc4ccccc4)c3)cc2)[C@H](O)[C@H](O)[C@H]1O. The summed E-state index contributed by atoms with van der Waals surface area (Å²) < 4.78 is 93.3. The summed E-state index contributed by atoms with van der Waals surface area (Å²) in [6.45, 7) is 13.0. The molecule has 1 aliphatic heterocycles. The highest BCUT2D eigenvalue weighted by atomic mass is 16.7. The van der Waals surface area contributed by atoms with E-state index < -0.39 is 36.7 Å². The number of aliphatic hydroxyl groups excluding tert-OH is 3. The van der Waals surface area contributed by atoms with Crippen molar-refractivity contribution in [2.24, 2.45) is 0 Å². The number of esters is 1. The van der Waals surface area contributed by atoms with Gasteiger partial charge in [0.15, 0.2) is 12.9 Å². The molecule has 0 saturated carbocycles. The highest BCUT2D eigenvalue weighted by Crippen LogP contribution is 2.24. The summed E-state index contributed by atoms with van der Waals surface area (Å²) in [5, 5.41) is 35.0. The van der Waals surface area contributed by atoms with Gasteiger partial charge >= 0.3 is 5.97 Å². The number of ether oxygens (including phenoxy) is 17. The topological polar surface area (TPSA) is 293 Å². The van der Waals surface area contributed by atoms with Crippen molar-refractivity contribution >= 4 is 17.8 Å². The van der Waals surface area contributed by atoms with Gasteiger partial charge in [-0.2, -0.15) is 0 Å². The van der Waals surface area contributed by atoms with Crippen LogP contribution < -0.4 is 15.4 Å². The summed E-state index contributed by atoms with van der Waals surface area (Å²) in [5.74, 6) is -0.284. The standard InChI is InChI=1S/C59H90N2O23/c1-47-55(64)56(65)57(66)59(84-47)81-43-42-70-18-15-60-53(62)14-17-68-20-22-71-24-26-73-28-30-75-32-34-77-36-38-79-40-41-80-39-37-78-35-33-76-31-29-74-27-25-72-23-21-69-19-16-61-54(63)46-82-52-12-10-49(11-13-52)50-8-5-9-51(44-50)58(67)83-45-48-6-3-2-4-7-48/h2-13,44,47,55-57,59,64-66H,14-43,45-46H2,1H3,(H,60,62)(H,61,63)/t47-,55-,56+,57+,59+/m0/s1. The van der Waals surface area contributed by atoms with E-state index in [0.717, 1.165) is 16.7 Å². The second-order valence-corrected chi connectivity index (χ2v) is 18.4. The first-order valence-electron chi connectivity index (χ1n) is 28.6. The summed E-state index contributed by atoms with van der Waals surface area (Å²) >= 11 is 0. The van der Waals surface area contributed by atoms with Crippen LogP contribution in [0.3, 0.4) is 0 Å². The van der Waals surface area contributed by atoms with E-state index in [2.05, 4.69) is 10.6 Å². The molecule has 0 aliphatic carbocycles. The van der Waals surface area contributed by atoms with E-state index in [0.29, 0.717) is 176 Å². The monoisotopic (exact) mass is 1190 g/mol. The summed E-state index contributed by atoms with van der Waals surface area (Å²) in [4.78, 5) is 36.8. The fourth-order valence-corrected chi connectivity index (χ4v) is 7.35. The van der Waals surface area contributed by atoms with Gasteiger partial charge in [-0.1, -0.05) is 54.6 Å². The Balaban J connectivity index is 0.762. The lowest BCUT2D eigenvalue weighted by Crippen LogP contribution is -2.57. The van der Waals surface area contributed by atoms with Crippen molar-refractivity contribution in [2.75, 3.05) is 198 Å². The molecule has 0 spiro atoms. The van der Waals surface area contributed by atoms with Gasteiger partial charge in [0, 0.05) is 19.5 Å². The molecule has 3 aromatic rings. The highest BCUT2D eigenvalue weighted by Gasteiger charge is 2.42. The van der Waals surface area contributed by atoms with E-state index >= 15 is 0 Å². The minimum absolute atomic E-state index is 0.101. The van der Waals surface area contributed by atoms with Gasteiger partial charge < -0.3 is 106 Å². The molecule has 1 aliphatic rings. The minimum Gasteiger partial charge on any atom is -0.484 e. The maximum absolute atomic E-state index is 12.6. The minimum atomic E-state index is -1.36. The number of hydrogen-bond donors (Lipinski definition) is 5. The van der Waals surface area contributed by atoms with E-state index in [-0.39, 0.29) is 57.9 Å². The highest BCUT2D eigenvalue weighted by molar-refractivity contribution is 5.91. The van der Waals surface area contributed by atoms with Crippen molar-refractivity contribution in [1.82, 2.24) is 10.6 Å². The smallest absolute Gasteiger partial charge is 0.338 e. The molecule has 5 N–H and O–H groups in total. The quantitative estimate of drug-likeness (QED) is 0.0398. The van der Waals surface area contributed by atoms with Crippen LogP contribution in [0, 0.1) is 0 Å². The van der Waals surface area contributed by atoms with Gasteiger partial charge in [0.1, 0.15) is 30.7 Å². The second-order valence-electron chi connectivity index (χ2n) is 18.4. The van der Waals surface area contributed by atoms with Crippen LogP contribution in [0.1, 0.15) is 29.3 Å². The van der Waals surface area contributed by atoms with Gasteiger partial charge in [-0.05, 0) is 47.9 Å². The summed E-state index contributed by atoms with van der Waals surface area (Å²) in [6.07, 6.45) is -5.45. The average molecular weight is 1200 g/mol. The van der Waals surface area contributed by atoms with Gasteiger partial charge in [-0.15, -0.1) is 0 Å². The molecule has 2 amide bonds. The third-order valence-electron chi connectivity index (χ3n) is 11.9. The Morgan fingerprint density at radius 1 is 0.440 bits per heavy atom. The third kappa shape index (κ3) is 34.9. The Labute approximate surface area is 492 Å². The van der Waals surface area contributed by atoms with Crippen molar-refractivity contribution in [2.45, 2.75) is 50.7 Å². The number of carbonyl (C=O) groups is 3. The average Bonchev–Trinajstić information content (AvgIpc) is 3.66. The van der Waals surface area contributed by atoms with E-state index in [4.69, 9.17) is 80.5 Å². The Morgan fingerprint density at radius 2 is 0.869 bits per heavy atom. The zero-order valence-electron chi connectivity index (χ0n) is 48.5. The predicted octanol–water partition coefficient (Wildman–Crippen LogP) is 1.77. The summed E-state index contributed by atoms with van der Waals surface area (Å²) in [6, 6.07) is 24.1. The van der Waals surface area contributed by atoms with Crippen molar-refractivity contribution in [1.29, 1.82) is 0 Å². The lowest BCUT2D eigenvalue weighted by molar-refractivity contribution is -0.294. The Morgan fingerprint density at radius 3 is 1.35 bits per heavy atom. The Bertz CT molecular complexity index is 2100. The number of hydrogen-bond acceptors (Lipinski definition) is 23. The molecule has 1 saturated heterocycles. The number of benzene rings is 3. The molecule has 0 radical (unpaired) electrons. The summed E-state index contributed by atoms with van der Waals surface area (Å²) in [5.41, 5.74) is 3.13. The van der Waals surface area contributed by atoms with Gasteiger partial charge in [0.05, 0.1) is 190 Å². The van der Waals surface area contributed by atoms with E-state index in [1.807, 2.05) is 54.6 Å². The lowest BCUT2D eigenvalue weighted by Gasteiger charge is -2.38. The molecular formula is C59H90N2O23. The molecule has 84 heavy (non-hydrogen) atoms. The first-order valence-corrected chi connectivity index (χ1v) is 28.6. The van der Waals surface area contributed by atoms with E-state index in [1.165, 1.54) is 0 Å². The van der Waals surface area contributed by atoms with Gasteiger partial charge in [-0.3, -0.25) is 9.59 Å². The largest absolute Gasteiger partial charge is 0.484 e. The van der Waals surface area contributed by atoms with Crippen molar-refractivity contribution in [3.63, 3.8) is 0 Å². The molecule has 0 bridgehead atoms. The number of aliphatic hydroxyl groups is 3. The molecule has 3 aromatic carbocycles. The molecular weight excluding hydrogens is 1100 g/mol. The first kappa shape index (κ1) is 71.6. The van der Waals surface area contributed by atoms with Crippen LogP contribution in [0.25, 0.3) is 11.1 Å². The molecule has 1 heterocycles. The molecule has 1 fully saturated rings. The van der Waals surface area contributed by atoms with Crippen molar-refractivity contribution < 1.29 is 110 Å². The zero-order chi connectivity index (χ0) is 59.8. The maximum atomic E-state index is 12.6. The van der Waals surface area contributed by atoms with E-state index in [1.54, 1.807) is 31.2 Å². The van der Waals surface area contributed by atoms with Gasteiger partial charge in [0.2, 0.25) is 5.91 Å². The lowest BCUT2D eigenvalue weighted by atomic mass is 10.0. The normalized spacial score (nSPS) is 16.8. The van der Waals surface area contributed by atoms with Crippen LogP contribution >= 0.6 is 0 Å². The number of nitrogens with one attached hydrogen (secondary N) is 2. The molecule has 25 nitrogen and oxygen atoms in total. The first-order chi connectivity index (χ1) is 41.2. The fourth-order valence-electron chi connectivity index (χ4n) is 7.35. The molecule has 474 valence electrons. The van der Waals surface area contributed by atoms with Crippen LogP contribution in [-0.4, -0.2) is 262 Å². The number of rotatable bonds is 53. The van der Waals surface area contributed by atoms with Gasteiger partial charge in [0.25, 0.3) is 5.91 Å². The maximum Gasteiger partial charge on any atom is 0.338 e. The summed E-state index contributed by atoms with van der Waals surface area (Å²) in [7, 11) is 0. The fraction of sp³-hybridized carbons (Fsp3) is 0.644. The molecule has 0 aromatic heterocycles. The van der Waals surface area contributed by atoms with Crippen LogP contribution in [0.4, 0.5) is 0 Å². The van der Waals surface area contributed by atoms with Crippen LogP contribution in [0.15, 0.2) is 78.9 Å². The van der Waals surface area contributed by atoms with Crippen molar-refractivity contribution in [3.8, 4) is 16.9 Å². The molecule has 0 unspecified atom stereocenters. The number of amides is 2. The second kappa shape index (κ2) is 48.3. The van der Waals surface area contributed by atoms with Crippen LogP contribution in [0.5, 0.6) is 5.75 Å². The molecule has 4 rings (SSSR count). The van der Waals surface area contributed by atoms with Gasteiger partial charge in [-0.25, -0.2) is 4.79 Å². The molecule has 25 heteroatoms. The number of carbonyl (C=O) groups excluding carboxylic acids is 3. The predicted molar refractivity (Wildman–Crippen MR) is 303 cm³/mol. The van der Waals surface area contributed by atoms with Crippen molar-refractivity contribution in [3.05, 3.63) is 90.0 Å². The van der Waals surface area contributed by atoms with Crippen LogP contribution in [-0.2, 0) is 92.0 Å². The third-order valence-corrected chi connectivity index (χ3v) is 11.9. The zero-order valence-corrected chi connectivity index (χ0v) is 48.5.